The van der Waals surface area contributed by atoms with Crippen LogP contribution in [0.15, 0.2) is 72.8 Å². The van der Waals surface area contributed by atoms with E-state index in [2.05, 4.69) is 78.1 Å². The third kappa shape index (κ3) is 2.24. The van der Waals surface area contributed by atoms with Crippen LogP contribution < -0.4 is 5.32 Å². The molecule has 0 aromatic heterocycles. The van der Waals surface area contributed by atoms with Crippen molar-refractivity contribution in [2.45, 2.75) is 18.4 Å². The first-order valence-electron chi connectivity index (χ1n) is 7.69. The monoisotopic (exact) mass is 273 g/mol. The smallest absolute Gasteiger partial charge is 0.0390 e. The lowest BCUT2D eigenvalue weighted by molar-refractivity contribution is 0.581. The zero-order chi connectivity index (χ0) is 14.1. The Balaban J connectivity index is 1.81. The summed E-state index contributed by atoms with van der Waals surface area (Å²) < 4.78 is 0. The van der Waals surface area contributed by atoms with Gasteiger partial charge in [0.25, 0.3) is 0 Å². The van der Waals surface area contributed by atoms with Gasteiger partial charge in [-0.15, -0.1) is 0 Å². The molecule has 1 nitrogen and oxygen atoms in total. The highest BCUT2D eigenvalue weighted by Gasteiger charge is 2.30. The standard InChI is InChI=1S/C20H19N/c1-2-8-16(9-3-1)20-19(13-14-21-20)18-12-6-10-15-7-4-5-11-17(15)18/h1-12,19-21H,13-14H2. The molecule has 1 fully saturated rings. The lowest BCUT2D eigenvalue weighted by atomic mass is 9.85. The first-order chi connectivity index (χ1) is 10.4. The number of benzene rings is 3. The van der Waals surface area contributed by atoms with Crippen LogP contribution in [0.5, 0.6) is 0 Å². The van der Waals surface area contributed by atoms with Crippen LogP contribution in [-0.2, 0) is 0 Å². The molecule has 1 aliphatic rings. The summed E-state index contributed by atoms with van der Waals surface area (Å²) >= 11 is 0. The third-order valence-electron chi connectivity index (χ3n) is 4.60. The van der Waals surface area contributed by atoms with Gasteiger partial charge < -0.3 is 5.32 Å². The summed E-state index contributed by atoms with van der Waals surface area (Å²) in [6, 6.07) is 26.7. The molecule has 1 saturated heterocycles. The van der Waals surface area contributed by atoms with Gasteiger partial charge in [0.2, 0.25) is 0 Å². The minimum absolute atomic E-state index is 0.428. The van der Waals surface area contributed by atoms with E-state index < -0.39 is 0 Å². The molecular formula is C20H19N. The first kappa shape index (κ1) is 12.6. The second-order valence-electron chi connectivity index (χ2n) is 5.81. The van der Waals surface area contributed by atoms with Gasteiger partial charge in [0.05, 0.1) is 0 Å². The molecule has 0 bridgehead atoms. The van der Waals surface area contributed by atoms with Gasteiger partial charge in [-0.25, -0.2) is 0 Å². The Bertz CT molecular complexity index is 743. The average Bonchev–Trinajstić information content (AvgIpc) is 3.04. The quantitative estimate of drug-likeness (QED) is 0.716. The second kappa shape index (κ2) is 5.34. The van der Waals surface area contributed by atoms with E-state index in [1.807, 2.05) is 0 Å². The van der Waals surface area contributed by atoms with E-state index in [9.17, 15) is 0 Å². The predicted molar refractivity (Wildman–Crippen MR) is 88.5 cm³/mol. The number of rotatable bonds is 2. The van der Waals surface area contributed by atoms with E-state index in [0.717, 1.165) is 6.54 Å². The van der Waals surface area contributed by atoms with E-state index in [1.54, 1.807) is 0 Å². The maximum Gasteiger partial charge on any atom is 0.0390 e. The molecule has 1 N–H and O–H groups in total. The van der Waals surface area contributed by atoms with Crippen LogP contribution >= 0.6 is 0 Å². The Morgan fingerprint density at radius 2 is 1.52 bits per heavy atom. The molecule has 0 radical (unpaired) electrons. The Morgan fingerprint density at radius 1 is 0.762 bits per heavy atom. The van der Waals surface area contributed by atoms with Crippen molar-refractivity contribution in [2.75, 3.05) is 6.54 Å². The number of hydrogen-bond donors (Lipinski definition) is 1. The largest absolute Gasteiger partial charge is 0.309 e. The molecule has 1 heterocycles. The fraction of sp³-hybridized carbons (Fsp3) is 0.200. The Labute approximate surface area is 125 Å². The fourth-order valence-corrected chi connectivity index (χ4v) is 3.62. The minimum Gasteiger partial charge on any atom is -0.309 e. The molecule has 1 heteroatoms. The summed E-state index contributed by atoms with van der Waals surface area (Å²) in [7, 11) is 0. The van der Waals surface area contributed by atoms with Crippen LogP contribution in [0.4, 0.5) is 0 Å². The predicted octanol–water partition coefficient (Wildman–Crippen LogP) is 4.66. The highest BCUT2D eigenvalue weighted by atomic mass is 15.0. The van der Waals surface area contributed by atoms with E-state index in [1.165, 1.54) is 28.3 Å². The molecule has 104 valence electrons. The Morgan fingerprint density at radius 3 is 2.43 bits per heavy atom. The van der Waals surface area contributed by atoms with Crippen LogP contribution in [0.2, 0.25) is 0 Å². The van der Waals surface area contributed by atoms with Gasteiger partial charge in [0.1, 0.15) is 0 Å². The fourth-order valence-electron chi connectivity index (χ4n) is 3.62. The van der Waals surface area contributed by atoms with Gasteiger partial charge in [0.15, 0.2) is 0 Å². The van der Waals surface area contributed by atoms with E-state index in [4.69, 9.17) is 0 Å². The maximum atomic E-state index is 3.69. The topological polar surface area (TPSA) is 12.0 Å². The van der Waals surface area contributed by atoms with Crippen molar-refractivity contribution in [3.8, 4) is 0 Å². The summed E-state index contributed by atoms with van der Waals surface area (Å²) in [5.41, 5.74) is 2.87. The van der Waals surface area contributed by atoms with Gasteiger partial charge in [-0.1, -0.05) is 72.8 Å². The van der Waals surface area contributed by atoms with Crippen molar-refractivity contribution < 1.29 is 0 Å². The van der Waals surface area contributed by atoms with Crippen LogP contribution in [-0.4, -0.2) is 6.54 Å². The zero-order valence-electron chi connectivity index (χ0n) is 12.0. The molecule has 0 spiro atoms. The van der Waals surface area contributed by atoms with Crippen LogP contribution in [0.25, 0.3) is 10.8 Å². The van der Waals surface area contributed by atoms with Gasteiger partial charge in [-0.05, 0) is 34.9 Å². The number of hydrogen-bond acceptors (Lipinski definition) is 1. The molecule has 1 aliphatic heterocycles. The van der Waals surface area contributed by atoms with Crippen LogP contribution in [0.1, 0.15) is 29.5 Å². The Kier molecular flexibility index (Phi) is 3.21. The molecule has 3 aromatic carbocycles. The lowest BCUT2D eigenvalue weighted by Crippen LogP contribution is -2.17. The molecule has 21 heavy (non-hydrogen) atoms. The zero-order valence-corrected chi connectivity index (χ0v) is 12.0. The molecule has 4 rings (SSSR count). The van der Waals surface area contributed by atoms with Crippen molar-refractivity contribution >= 4 is 10.8 Å². The molecule has 0 amide bonds. The molecule has 0 aliphatic carbocycles. The second-order valence-corrected chi connectivity index (χ2v) is 5.81. The number of fused-ring (bicyclic) bond motifs is 1. The SMILES string of the molecule is c1ccc(C2NCCC2c2cccc3ccccc23)cc1. The van der Waals surface area contributed by atoms with Crippen LogP contribution in [0, 0.1) is 0 Å². The van der Waals surface area contributed by atoms with E-state index in [-0.39, 0.29) is 0 Å². The summed E-state index contributed by atoms with van der Waals surface area (Å²) in [4.78, 5) is 0. The number of nitrogens with one attached hydrogen (secondary N) is 1. The molecule has 2 unspecified atom stereocenters. The molecular weight excluding hydrogens is 254 g/mol. The van der Waals surface area contributed by atoms with E-state index in [0.29, 0.717) is 12.0 Å². The highest BCUT2D eigenvalue weighted by Crippen LogP contribution is 2.40. The molecule has 2 atom stereocenters. The third-order valence-corrected chi connectivity index (χ3v) is 4.60. The van der Waals surface area contributed by atoms with Gasteiger partial charge >= 0.3 is 0 Å². The van der Waals surface area contributed by atoms with Crippen molar-refractivity contribution in [3.63, 3.8) is 0 Å². The summed E-state index contributed by atoms with van der Waals surface area (Å²) in [5.74, 6) is 0.554. The lowest BCUT2D eigenvalue weighted by Gasteiger charge is -2.22. The summed E-state index contributed by atoms with van der Waals surface area (Å²) in [5, 5.41) is 6.43. The minimum atomic E-state index is 0.428. The first-order valence-corrected chi connectivity index (χ1v) is 7.69. The highest BCUT2D eigenvalue weighted by molar-refractivity contribution is 5.86. The van der Waals surface area contributed by atoms with Crippen molar-refractivity contribution in [1.82, 2.24) is 5.32 Å². The van der Waals surface area contributed by atoms with Gasteiger partial charge in [-0.3, -0.25) is 0 Å². The summed E-state index contributed by atoms with van der Waals surface area (Å²) in [6.45, 7) is 1.09. The molecule has 3 aromatic rings. The maximum absolute atomic E-state index is 3.69. The average molecular weight is 273 g/mol. The molecule has 0 saturated carbocycles. The van der Waals surface area contributed by atoms with Crippen molar-refractivity contribution in [2.24, 2.45) is 0 Å². The van der Waals surface area contributed by atoms with Gasteiger partial charge in [0, 0.05) is 12.0 Å². The normalized spacial score (nSPS) is 21.7. The van der Waals surface area contributed by atoms with E-state index >= 15 is 0 Å². The van der Waals surface area contributed by atoms with Crippen LogP contribution in [0.3, 0.4) is 0 Å². The van der Waals surface area contributed by atoms with Crippen molar-refractivity contribution in [1.29, 1.82) is 0 Å². The van der Waals surface area contributed by atoms with Crippen molar-refractivity contribution in [3.05, 3.63) is 83.9 Å². The van der Waals surface area contributed by atoms with Gasteiger partial charge in [-0.2, -0.15) is 0 Å². The summed E-state index contributed by atoms with van der Waals surface area (Å²) in [6.07, 6.45) is 1.20. The Hall–Kier alpha value is -2.12.